The van der Waals surface area contributed by atoms with Gasteiger partial charge >= 0.3 is 0 Å². The molecule has 0 aliphatic rings. The van der Waals surface area contributed by atoms with E-state index in [0.717, 1.165) is 23.1 Å². The number of hydrogen-bond donors (Lipinski definition) is 2. The van der Waals surface area contributed by atoms with Crippen LogP contribution in [-0.4, -0.2) is 9.55 Å². The highest BCUT2D eigenvalue weighted by atomic mass is 79.9. The Hall–Kier alpha value is -1.17. The lowest BCUT2D eigenvalue weighted by Crippen LogP contribution is -2.29. The molecule has 1 unspecified atom stereocenters. The Morgan fingerprint density at radius 2 is 2.26 bits per heavy atom. The summed E-state index contributed by atoms with van der Waals surface area (Å²) in [6, 6.07) is 6.41. The van der Waals surface area contributed by atoms with E-state index in [1.807, 2.05) is 30.1 Å². The third-order valence-corrected chi connectivity index (χ3v) is 3.89. The highest BCUT2D eigenvalue weighted by Crippen LogP contribution is 2.25. The fourth-order valence-electron chi connectivity index (χ4n) is 2.23. The zero-order valence-corrected chi connectivity index (χ0v) is 12.8. The first-order valence-corrected chi connectivity index (χ1v) is 7.09. The summed E-state index contributed by atoms with van der Waals surface area (Å²) in [4.78, 5) is 4.34. The maximum atomic E-state index is 5.71. The molecule has 4 nitrogen and oxygen atoms in total. The number of imidazole rings is 1. The Kier molecular flexibility index (Phi) is 4.74. The summed E-state index contributed by atoms with van der Waals surface area (Å²) < 4.78 is 3.12. The summed E-state index contributed by atoms with van der Waals surface area (Å²) in [6.45, 7) is 2.10. The number of aromatic nitrogens is 2. The molecule has 1 aromatic heterocycles. The molecule has 0 aliphatic heterocycles. The van der Waals surface area contributed by atoms with Gasteiger partial charge in [-0.15, -0.1) is 0 Å². The van der Waals surface area contributed by atoms with Crippen molar-refractivity contribution in [2.45, 2.75) is 25.8 Å². The van der Waals surface area contributed by atoms with Crippen LogP contribution in [0.2, 0.25) is 0 Å². The predicted octanol–water partition coefficient (Wildman–Crippen LogP) is 2.63. The minimum atomic E-state index is 0.134. The lowest BCUT2D eigenvalue weighted by molar-refractivity contribution is 0.504. The van der Waals surface area contributed by atoms with Gasteiger partial charge in [0, 0.05) is 36.4 Å². The summed E-state index contributed by atoms with van der Waals surface area (Å²) in [5.74, 6) is 6.79. The van der Waals surface area contributed by atoms with Crippen molar-refractivity contribution in [3.8, 4) is 0 Å². The van der Waals surface area contributed by atoms with Gasteiger partial charge in [0.1, 0.15) is 5.82 Å². The van der Waals surface area contributed by atoms with Gasteiger partial charge in [0.05, 0.1) is 0 Å². The second kappa shape index (κ2) is 6.32. The number of rotatable bonds is 5. The fourth-order valence-corrected chi connectivity index (χ4v) is 2.60. The van der Waals surface area contributed by atoms with Gasteiger partial charge in [-0.1, -0.05) is 22.0 Å². The lowest BCUT2D eigenvalue weighted by Gasteiger charge is -2.18. The van der Waals surface area contributed by atoms with Crippen molar-refractivity contribution < 1.29 is 0 Å². The Balaban J connectivity index is 2.12. The molecule has 1 heterocycles. The lowest BCUT2D eigenvalue weighted by atomic mass is 9.98. The summed E-state index contributed by atoms with van der Waals surface area (Å²) in [6.07, 6.45) is 5.60. The Morgan fingerprint density at radius 1 is 1.47 bits per heavy atom. The number of nitrogens with zero attached hydrogens (tertiary/aromatic N) is 2. The molecule has 0 aliphatic carbocycles. The molecule has 1 atom stereocenters. The Bertz CT molecular complexity index is 550. The van der Waals surface area contributed by atoms with E-state index < -0.39 is 0 Å². The normalized spacial score (nSPS) is 12.6. The van der Waals surface area contributed by atoms with Gasteiger partial charge in [0.25, 0.3) is 0 Å². The SMILES string of the molecule is Cc1ccc(Br)cc1C(CCc1nccn1C)NN. The molecule has 5 heteroatoms. The van der Waals surface area contributed by atoms with Crippen LogP contribution in [0.3, 0.4) is 0 Å². The number of aryl methyl sites for hydroxylation is 3. The Labute approximate surface area is 122 Å². The van der Waals surface area contributed by atoms with E-state index in [-0.39, 0.29) is 6.04 Å². The molecule has 0 bridgehead atoms. The van der Waals surface area contributed by atoms with Crippen LogP contribution in [0.25, 0.3) is 0 Å². The third kappa shape index (κ3) is 3.43. The van der Waals surface area contributed by atoms with Crippen LogP contribution in [0.15, 0.2) is 35.1 Å². The van der Waals surface area contributed by atoms with Crippen molar-refractivity contribution >= 4 is 15.9 Å². The molecule has 19 heavy (non-hydrogen) atoms. The number of hydrazine groups is 1. The fraction of sp³-hybridized carbons (Fsp3) is 0.357. The van der Waals surface area contributed by atoms with Crippen LogP contribution >= 0.6 is 15.9 Å². The van der Waals surface area contributed by atoms with Crippen molar-refractivity contribution in [1.82, 2.24) is 15.0 Å². The van der Waals surface area contributed by atoms with Gasteiger partial charge < -0.3 is 4.57 Å². The van der Waals surface area contributed by atoms with Crippen LogP contribution in [-0.2, 0) is 13.5 Å². The van der Waals surface area contributed by atoms with Gasteiger partial charge in [-0.05, 0) is 36.6 Å². The van der Waals surface area contributed by atoms with Crippen molar-refractivity contribution in [3.05, 3.63) is 52.0 Å². The van der Waals surface area contributed by atoms with Crippen molar-refractivity contribution in [2.75, 3.05) is 0 Å². The molecule has 1 aromatic carbocycles. The number of halogens is 1. The van der Waals surface area contributed by atoms with Crippen molar-refractivity contribution in [1.29, 1.82) is 0 Å². The molecule has 0 saturated carbocycles. The van der Waals surface area contributed by atoms with Gasteiger partial charge in [0.15, 0.2) is 0 Å². The molecule has 102 valence electrons. The van der Waals surface area contributed by atoms with E-state index in [4.69, 9.17) is 5.84 Å². The standard InChI is InChI=1S/C14H19BrN4/c1-10-3-4-11(15)9-12(10)13(18-16)5-6-14-17-7-8-19(14)2/h3-4,7-9,13,18H,5-6,16H2,1-2H3. The molecule has 3 N–H and O–H groups in total. The largest absolute Gasteiger partial charge is 0.338 e. The second-order valence-corrected chi connectivity index (χ2v) is 5.63. The zero-order valence-electron chi connectivity index (χ0n) is 11.2. The molecule has 0 spiro atoms. The number of hydrogen-bond acceptors (Lipinski definition) is 3. The third-order valence-electron chi connectivity index (χ3n) is 3.40. The van der Waals surface area contributed by atoms with Crippen LogP contribution in [0.5, 0.6) is 0 Å². The smallest absolute Gasteiger partial charge is 0.108 e. The first-order chi connectivity index (χ1) is 9.11. The van der Waals surface area contributed by atoms with E-state index in [9.17, 15) is 0 Å². The molecular formula is C14H19BrN4. The number of nitrogens with two attached hydrogens (primary N) is 1. The van der Waals surface area contributed by atoms with Gasteiger partial charge in [0.2, 0.25) is 0 Å². The first-order valence-electron chi connectivity index (χ1n) is 6.30. The highest BCUT2D eigenvalue weighted by molar-refractivity contribution is 9.10. The maximum Gasteiger partial charge on any atom is 0.108 e. The molecule has 0 radical (unpaired) electrons. The first kappa shape index (κ1) is 14.2. The van der Waals surface area contributed by atoms with Crippen LogP contribution in [0.1, 0.15) is 29.4 Å². The topological polar surface area (TPSA) is 55.9 Å². The predicted molar refractivity (Wildman–Crippen MR) is 80.5 cm³/mol. The van der Waals surface area contributed by atoms with E-state index in [1.54, 1.807) is 0 Å². The van der Waals surface area contributed by atoms with E-state index in [2.05, 4.69) is 45.4 Å². The molecule has 0 amide bonds. The number of benzene rings is 1. The number of nitrogens with one attached hydrogen (secondary N) is 1. The average molecular weight is 323 g/mol. The minimum absolute atomic E-state index is 0.134. The molecule has 0 saturated heterocycles. The summed E-state index contributed by atoms with van der Waals surface area (Å²) in [5, 5.41) is 0. The second-order valence-electron chi connectivity index (χ2n) is 4.71. The van der Waals surface area contributed by atoms with Crippen LogP contribution in [0, 0.1) is 6.92 Å². The summed E-state index contributed by atoms with van der Waals surface area (Å²) >= 11 is 3.51. The molecule has 2 rings (SSSR count). The van der Waals surface area contributed by atoms with E-state index in [1.165, 1.54) is 11.1 Å². The average Bonchev–Trinajstić information content (AvgIpc) is 2.80. The highest BCUT2D eigenvalue weighted by Gasteiger charge is 2.13. The van der Waals surface area contributed by atoms with Gasteiger partial charge in [-0.3, -0.25) is 11.3 Å². The van der Waals surface area contributed by atoms with Gasteiger partial charge in [-0.25, -0.2) is 4.98 Å². The van der Waals surface area contributed by atoms with Crippen LogP contribution < -0.4 is 11.3 Å². The monoisotopic (exact) mass is 322 g/mol. The maximum absolute atomic E-state index is 5.71. The summed E-state index contributed by atoms with van der Waals surface area (Å²) in [7, 11) is 2.01. The van der Waals surface area contributed by atoms with Crippen LogP contribution in [0.4, 0.5) is 0 Å². The molecule has 2 aromatic rings. The molecular weight excluding hydrogens is 304 g/mol. The molecule has 0 fully saturated rings. The minimum Gasteiger partial charge on any atom is -0.338 e. The van der Waals surface area contributed by atoms with E-state index >= 15 is 0 Å². The van der Waals surface area contributed by atoms with Gasteiger partial charge in [-0.2, -0.15) is 0 Å². The zero-order chi connectivity index (χ0) is 13.8. The van der Waals surface area contributed by atoms with Crippen molar-refractivity contribution in [2.24, 2.45) is 12.9 Å². The summed E-state index contributed by atoms with van der Waals surface area (Å²) in [5.41, 5.74) is 5.38. The quantitative estimate of drug-likeness (QED) is 0.657. The Morgan fingerprint density at radius 3 is 2.89 bits per heavy atom. The van der Waals surface area contributed by atoms with E-state index in [0.29, 0.717) is 0 Å². The van der Waals surface area contributed by atoms with Crippen molar-refractivity contribution in [3.63, 3.8) is 0 Å².